The highest BCUT2D eigenvalue weighted by atomic mass is 35.5. The summed E-state index contributed by atoms with van der Waals surface area (Å²) in [6.07, 6.45) is 2.47. The van der Waals surface area contributed by atoms with Crippen LogP contribution in [0.15, 0.2) is 70.9 Å². The zero-order valence-corrected chi connectivity index (χ0v) is 17.5. The van der Waals surface area contributed by atoms with Crippen LogP contribution in [0.4, 0.5) is 0 Å². The van der Waals surface area contributed by atoms with Crippen molar-refractivity contribution in [2.45, 2.75) is 10.7 Å². The van der Waals surface area contributed by atoms with E-state index in [9.17, 15) is 13.2 Å². The van der Waals surface area contributed by atoms with Crippen molar-refractivity contribution >= 4 is 44.2 Å². The normalized spacial score (nSPS) is 22.9. The molecule has 2 aliphatic heterocycles. The Kier molecular flexibility index (Phi) is 5.21. The lowest BCUT2D eigenvalue weighted by molar-refractivity contribution is -0.140. The van der Waals surface area contributed by atoms with Gasteiger partial charge in [-0.3, -0.25) is 4.99 Å². The van der Waals surface area contributed by atoms with Gasteiger partial charge < -0.3 is 10.2 Å². The van der Waals surface area contributed by atoms with Gasteiger partial charge in [-0.15, -0.1) is 0 Å². The number of nitrogens with one attached hydrogen (secondary N) is 1. The zero-order chi connectivity index (χ0) is 21.4. The number of ether oxygens (including phenoxy) is 1. The first-order valence-corrected chi connectivity index (χ1v) is 11.0. The average Bonchev–Trinajstić information content (AvgIpc) is 3.43. The third-order valence-corrected chi connectivity index (χ3v) is 7.71. The van der Waals surface area contributed by atoms with Crippen molar-refractivity contribution in [1.29, 1.82) is 0 Å². The van der Waals surface area contributed by atoms with E-state index in [1.165, 1.54) is 6.20 Å². The molecule has 0 fully saturated rings. The molecule has 2 atom stereocenters. The van der Waals surface area contributed by atoms with Gasteiger partial charge in [-0.1, -0.05) is 54.1 Å². The van der Waals surface area contributed by atoms with E-state index in [0.717, 1.165) is 18.9 Å². The highest BCUT2D eigenvalue weighted by molar-refractivity contribution is 8.09. The molecule has 2 heterocycles. The molecule has 4 rings (SSSR count). The van der Waals surface area contributed by atoms with Crippen LogP contribution in [0.3, 0.4) is 0 Å². The number of carbonyl (C=O) groups excluding carboxylic acids is 1. The lowest BCUT2D eigenvalue weighted by Crippen LogP contribution is -2.52. The van der Waals surface area contributed by atoms with Crippen molar-refractivity contribution in [3.05, 3.63) is 76.9 Å². The quantitative estimate of drug-likeness (QED) is 0.733. The summed E-state index contributed by atoms with van der Waals surface area (Å²) in [6.45, 7) is 0.299. The second-order valence-electron chi connectivity index (χ2n) is 6.83. The molecule has 0 aliphatic carbocycles. The molecule has 2 aliphatic rings. The number of aliphatic imine (C=N–C) groups is 1. The molecule has 0 amide bonds. The van der Waals surface area contributed by atoms with Gasteiger partial charge in [0.25, 0.3) is 0 Å². The van der Waals surface area contributed by atoms with Crippen molar-refractivity contribution < 1.29 is 17.9 Å². The lowest BCUT2D eigenvalue weighted by atomic mass is 9.94. The third kappa shape index (κ3) is 3.03. The molecule has 0 aromatic heterocycles. The molecule has 0 spiro atoms. The number of carbonyl (C=O) groups is 1. The van der Waals surface area contributed by atoms with E-state index in [-0.39, 0.29) is 10.6 Å². The number of rotatable bonds is 4. The van der Waals surface area contributed by atoms with Crippen LogP contribution in [-0.2, 0) is 19.4 Å². The van der Waals surface area contributed by atoms with Gasteiger partial charge >= 0.3 is 5.97 Å². The van der Waals surface area contributed by atoms with Crippen LogP contribution in [0.1, 0.15) is 17.0 Å². The maximum Gasteiger partial charge on any atom is 0.338 e. The Balaban J connectivity index is 1.86. The Labute approximate surface area is 179 Å². The largest absolute Gasteiger partial charge is 0.467 e. The second-order valence-corrected chi connectivity index (χ2v) is 9.34. The molecular formula is C21H18ClN3O4S. The van der Waals surface area contributed by atoms with E-state index in [4.69, 9.17) is 16.3 Å². The molecule has 2 aromatic rings. The predicted octanol–water partition coefficient (Wildman–Crippen LogP) is 2.79. The topological polar surface area (TPSA) is 97.2 Å². The Bertz CT molecular complexity index is 1170. The van der Waals surface area contributed by atoms with Crippen molar-refractivity contribution in [3.8, 4) is 0 Å². The summed E-state index contributed by atoms with van der Waals surface area (Å²) in [6, 6.07) is 15.7. The van der Waals surface area contributed by atoms with Crippen LogP contribution in [0.25, 0.3) is 5.57 Å². The highest BCUT2D eigenvalue weighted by Crippen LogP contribution is 2.41. The Hall–Kier alpha value is -2.97. The van der Waals surface area contributed by atoms with E-state index in [0.29, 0.717) is 17.1 Å². The molecule has 0 bridgehead atoms. The van der Waals surface area contributed by atoms with Gasteiger partial charge in [-0.25, -0.2) is 13.2 Å². The van der Waals surface area contributed by atoms with Gasteiger partial charge in [0.2, 0.25) is 14.6 Å². The number of sulfone groups is 1. The number of halogens is 1. The maximum atomic E-state index is 14.0. The average molecular weight is 444 g/mol. The molecular weight excluding hydrogens is 426 g/mol. The molecule has 0 saturated heterocycles. The molecule has 1 N–H and O–H groups in total. The van der Waals surface area contributed by atoms with Gasteiger partial charge in [0, 0.05) is 29.6 Å². The van der Waals surface area contributed by atoms with E-state index < -0.39 is 26.5 Å². The first-order chi connectivity index (χ1) is 14.4. The fraction of sp³-hybridized carbons (Fsp3) is 0.190. The Morgan fingerprint density at radius 1 is 1.17 bits per heavy atom. The van der Waals surface area contributed by atoms with E-state index in [2.05, 4.69) is 15.5 Å². The second kappa shape index (κ2) is 7.70. The van der Waals surface area contributed by atoms with Crippen LogP contribution >= 0.6 is 11.6 Å². The fourth-order valence-electron chi connectivity index (χ4n) is 3.68. The fourth-order valence-corrected chi connectivity index (χ4v) is 5.87. The van der Waals surface area contributed by atoms with Gasteiger partial charge in [0.05, 0.1) is 13.0 Å². The van der Waals surface area contributed by atoms with Crippen LogP contribution in [0.5, 0.6) is 0 Å². The standard InChI is InChI=1S/C21H18ClN3O4S/c1-29-20(26)21(13-23-12-18(21)15-7-9-16(22)10-8-15)30(27,28)19-17(11-24-25-19)14-5-3-2-4-6-14/h2-10,12-13,17,24H,11H2,1H3. The van der Waals surface area contributed by atoms with Gasteiger partial charge in [-0.2, -0.15) is 5.10 Å². The SMILES string of the molecule is COC(=O)C1(S(=O)(=O)C2=NNCC2c2ccccc2)C=NC=C1c1ccc(Cl)cc1. The molecule has 30 heavy (non-hydrogen) atoms. The molecule has 154 valence electrons. The lowest BCUT2D eigenvalue weighted by Gasteiger charge is -2.28. The number of hydrogen-bond acceptors (Lipinski definition) is 7. The highest BCUT2D eigenvalue weighted by Gasteiger charge is 2.59. The Morgan fingerprint density at radius 3 is 2.53 bits per heavy atom. The summed E-state index contributed by atoms with van der Waals surface area (Å²) in [4.78, 5) is 17.0. The van der Waals surface area contributed by atoms with Crippen LogP contribution in [-0.4, -0.2) is 44.0 Å². The minimum Gasteiger partial charge on any atom is -0.467 e. The summed E-state index contributed by atoms with van der Waals surface area (Å²) in [5, 5.41) is 4.43. The van der Waals surface area contributed by atoms with Crippen LogP contribution in [0.2, 0.25) is 5.02 Å². The smallest absolute Gasteiger partial charge is 0.338 e. The van der Waals surface area contributed by atoms with Gasteiger partial charge in [0.1, 0.15) is 0 Å². The number of esters is 1. The summed E-state index contributed by atoms with van der Waals surface area (Å²) in [5.74, 6) is -1.50. The molecule has 2 aromatic carbocycles. The van der Waals surface area contributed by atoms with Gasteiger partial charge in [0.15, 0.2) is 5.04 Å². The van der Waals surface area contributed by atoms with E-state index in [1.54, 1.807) is 24.3 Å². The first-order valence-electron chi connectivity index (χ1n) is 9.11. The first kappa shape index (κ1) is 20.3. The van der Waals surface area contributed by atoms with Crippen molar-refractivity contribution in [2.24, 2.45) is 10.1 Å². The number of nitrogens with zero attached hydrogens (tertiary/aromatic N) is 2. The predicted molar refractivity (Wildman–Crippen MR) is 116 cm³/mol. The van der Waals surface area contributed by atoms with Crippen molar-refractivity contribution in [1.82, 2.24) is 5.43 Å². The maximum absolute atomic E-state index is 14.0. The van der Waals surface area contributed by atoms with E-state index in [1.807, 2.05) is 30.3 Å². The monoisotopic (exact) mass is 443 g/mol. The number of benzene rings is 2. The minimum atomic E-state index is -4.35. The van der Waals surface area contributed by atoms with Crippen LogP contribution in [0, 0.1) is 0 Å². The summed E-state index contributed by atoms with van der Waals surface area (Å²) in [5.41, 5.74) is 4.22. The van der Waals surface area contributed by atoms with Crippen molar-refractivity contribution in [2.75, 3.05) is 13.7 Å². The summed E-state index contributed by atoms with van der Waals surface area (Å²) in [7, 11) is -3.21. The minimum absolute atomic E-state index is 0.132. The molecule has 0 radical (unpaired) electrons. The van der Waals surface area contributed by atoms with E-state index >= 15 is 0 Å². The molecule has 7 nitrogen and oxygen atoms in total. The van der Waals surface area contributed by atoms with Crippen LogP contribution < -0.4 is 5.43 Å². The summed E-state index contributed by atoms with van der Waals surface area (Å²) >= 11 is 5.97. The zero-order valence-electron chi connectivity index (χ0n) is 15.9. The third-order valence-electron chi connectivity index (χ3n) is 5.19. The number of hydrazone groups is 1. The van der Waals surface area contributed by atoms with Gasteiger partial charge in [-0.05, 0) is 23.3 Å². The molecule has 9 heteroatoms. The number of methoxy groups -OCH3 is 1. The van der Waals surface area contributed by atoms with Crippen molar-refractivity contribution in [3.63, 3.8) is 0 Å². The molecule has 2 unspecified atom stereocenters. The Morgan fingerprint density at radius 2 is 1.87 bits per heavy atom. The molecule has 0 saturated carbocycles. The number of hydrogen-bond donors (Lipinski definition) is 1. The summed E-state index contributed by atoms with van der Waals surface area (Å²) < 4.78 is 30.7.